The van der Waals surface area contributed by atoms with E-state index in [9.17, 15) is 27.2 Å². The number of carbonyl (C=O) groups excluding carboxylic acids is 2. The van der Waals surface area contributed by atoms with Crippen LogP contribution in [0.4, 0.5) is 28.2 Å². The number of nitrogens with zero attached hydrogens (tertiary/aromatic N) is 5. The van der Waals surface area contributed by atoms with Gasteiger partial charge in [-0.25, -0.2) is 14.2 Å². The maximum atomic E-state index is 14.5. The number of nitrogens with one attached hydrogen (secondary N) is 1. The molecule has 14 heteroatoms. The molecule has 1 fully saturated rings. The van der Waals surface area contributed by atoms with Gasteiger partial charge in [0.2, 0.25) is 5.91 Å². The van der Waals surface area contributed by atoms with Crippen molar-refractivity contribution in [3.8, 4) is 11.5 Å². The number of amides is 2. The number of rotatable bonds is 9. The summed E-state index contributed by atoms with van der Waals surface area (Å²) in [4.78, 5) is 39.3. The second-order valence-corrected chi connectivity index (χ2v) is 11.7. The van der Waals surface area contributed by atoms with Crippen LogP contribution in [0.3, 0.4) is 0 Å². The molecule has 1 unspecified atom stereocenters. The lowest BCUT2D eigenvalue weighted by molar-refractivity contribution is -0.139. The Hall–Kier alpha value is -4.30. The van der Waals surface area contributed by atoms with E-state index in [0.29, 0.717) is 37.2 Å². The smallest absolute Gasteiger partial charge is 0.416 e. The number of likely N-dealkylation sites (N-methyl/N-ethyl adjacent to an activating group) is 1. The quantitative estimate of drug-likeness (QED) is 0.287. The standard InChI is InChI=1S/C33H38F4N6O4/c1-4-22-19-43(20-24-14-25(16-39-31(22)24)47-28-15-29(38-17-27(28)34)40-32(45)46-3)30(44)13-21-6-7-23(26(12-21)33(35,36)37)18-42-10-8-41(5-2)9-11-42/h6-7,12,14-17,22H,4-5,8-11,13,18-20H2,1-3H3,(H,38,40,45). The van der Waals surface area contributed by atoms with Crippen LogP contribution in [0.2, 0.25) is 0 Å². The summed E-state index contributed by atoms with van der Waals surface area (Å²) in [6, 6.07) is 7.07. The summed E-state index contributed by atoms with van der Waals surface area (Å²) < 4.78 is 67.3. The molecular formula is C33H38F4N6O4. The fraction of sp³-hybridized carbons (Fsp3) is 0.455. The number of hydrogen-bond donors (Lipinski definition) is 1. The van der Waals surface area contributed by atoms with E-state index in [4.69, 9.17) is 4.74 Å². The molecule has 4 heterocycles. The van der Waals surface area contributed by atoms with Crippen LogP contribution in [0.5, 0.6) is 11.5 Å². The van der Waals surface area contributed by atoms with Gasteiger partial charge in [0.25, 0.3) is 0 Å². The number of piperazine rings is 1. The molecule has 5 rings (SSSR count). The van der Waals surface area contributed by atoms with Gasteiger partial charge in [0.1, 0.15) is 11.6 Å². The number of carbonyl (C=O) groups is 2. The van der Waals surface area contributed by atoms with Gasteiger partial charge < -0.3 is 19.3 Å². The molecule has 2 aliphatic heterocycles. The molecule has 0 radical (unpaired) electrons. The number of alkyl halides is 3. The van der Waals surface area contributed by atoms with Crippen LogP contribution < -0.4 is 10.1 Å². The van der Waals surface area contributed by atoms with Crippen LogP contribution in [0.15, 0.2) is 42.7 Å². The number of hydrogen-bond acceptors (Lipinski definition) is 8. The highest BCUT2D eigenvalue weighted by Gasteiger charge is 2.35. The van der Waals surface area contributed by atoms with Crippen molar-refractivity contribution < 1.29 is 36.6 Å². The van der Waals surface area contributed by atoms with E-state index in [0.717, 1.165) is 37.6 Å². The number of methoxy groups -OCH3 is 1. The second-order valence-electron chi connectivity index (χ2n) is 11.7. The van der Waals surface area contributed by atoms with E-state index in [1.165, 1.54) is 25.4 Å². The summed E-state index contributed by atoms with van der Waals surface area (Å²) in [6.07, 6.45) is -2.51. The Labute approximate surface area is 270 Å². The Morgan fingerprint density at radius 1 is 1.02 bits per heavy atom. The lowest BCUT2D eigenvalue weighted by Crippen LogP contribution is -2.45. The Bertz CT molecular complexity index is 1600. The van der Waals surface area contributed by atoms with Gasteiger partial charge >= 0.3 is 12.3 Å². The van der Waals surface area contributed by atoms with E-state index in [1.54, 1.807) is 17.0 Å². The number of aromatic nitrogens is 2. The molecule has 1 N–H and O–H groups in total. The van der Waals surface area contributed by atoms with E-state index >= 15 is 0 Å². The first-order valence-corrected chi connectivity index (χ1v) is 15.6. The average molecular weight is 659 g/mol. The maximum absolute atomic E-state index is 14.5. The van der Waals surface area contributed by atoms with Crippen molar-refractivity contribution in [3.05, 3.63) is 76.5 Å². The first kappa shape index (κ1) is 34.0. The number of halogens is 4. The third-order valence-corrected chi connectivity index (χ3v) is 8.62. The van der Waals surface area contributed by atoms with Crippen molar-refractivity contribution in [1.82, 2.24) is 24.7 Å². The summed E-state index contributed by atoms with van der Waals surface area (Å²) in [5.74, 6) is -1.19. The highest BCUT2D eigenvalue weighted by Crippen LogP contribution is 2.36. The third kappa shape index (κ3) is 8.35. The van der Waals surface area contributed by atoms with Gasteiger partial charge in [0, 0.05) is 57.8 Å². The number of ether oxygens (including phenoxy) is 2. The molecule has 2 amide bonds. The molecule has 252 valence electrons. The first-order chi connectivity index (χ1) is 22.5. The van der Waals surface area contributed by atoms with Gasteiger partial charge in [-0.1, -0.05) is 26.0 Å². The molecule has 2 aliphatic rings. The fourth-order valence-electron chi connectivity index (χ4n) is 5.96. The van der Waals surface area contributed by atoms with Gasteiger partial charge in [0.15, 0.2) is 11.6 Å². The van der Waals surface area contributed by atoms with Gasteiger partial charge in [0.05, 0.1) is 37.2 Å². The third-order valence-electron chi connectivity index (χ3n) is 8.62. The number of benzene rings is 1. The molecule has 47 heavy (non-hydrogen) atoms. The number of anilines is 1. The van der Waals surface area contributed by atoms with E-state index in [1.807, 2.05) is 11.8 Å². The fourth-order valence-corrected chi connectivity index (χ4v) is 5.96. The Morgan fingerprint density at radius 2 is 1.77 bits per heavy atom. The van der Waals surface area contributed by atoms with Crippen molar-refractivity contribution in [2.45, 2.75) is 51.9 Å². The summed E-state index contributed by atoms with van der Waals surface area (Å²) in [5, 5.41) is 2.34. The van der Waals surface area contributed by atoms with Crippen molar-refractivity contribution in [2.75, 3.05) is 51.7 Å². The minimum atomic E-state index is -4.55. The molecule has 3 aromatic rings. The molecule has 1 atom stereocenters. The molecular weight excluding hydrogens is 620 g/mol. The zero-order chi connectivity index (χ0) is 33.7. The van der Waals surface area contributed by atoms with Gasteiger partial charge in [-0.05, 0) is 41.8 Å². The van der Waals surface area contributed by atoms with Gasteiger partial charge in [-0.3, -0.25) is 20.0 Å². The summed E-state index contributed by atoms with van der Waals surface area (Å²) >= 11 is 0. The first-order valence-electron chi connectivity index (χ1n) is 15.6. The van der Waals surface area contributed by atoms with Crippen LogP contribution in [0.1, 0.15) is 54.1 Å². The zero-order valence-electron chi connectivity index (χ0n) is 26.6. The molecule has 1 saturated heterocycles. The normalized spacial score (nSPS) is 17.3. The summed E-state index contributed by atoms with van der Waals surface area (Å²) in [6.45, 7) is 8.73. The predicted octanol–water partition coefficient (Wildman–Crippen LogP) is 5.82. The van der Waals surface area contributed by atoms with Crippen molar-refractivity contribution in [1.29, 1.82) is 0 Å². The van der Waals surface area contributed by atoms with Gasteiger partial charge in [-0.15, -0.1) is 0 Å². The number of pyridine rings is 2. The second kappa shape index (κ2) is 14.6. The minimum Gasteiger partial charge on any atom is -0.453 e. The highest BCUT2D eigenvalue weighted by molar-refractivity contribution is 5.83. The lowest BCUT2D eigenvalue weighted by atomic mass is 9.92. The van der Waals surface area contributed by atoms with Crippen molar-refractivity contribution >= 4 is 17.8 Å². The Balaban J connectivity index is 1.30. The maximum Gasteiger partial charge on any atom is 0.416 e. The van der Waals surface area contributed by atoms with Crippen LogP contribution in [0.25, 0.3) is 0 Å². The average Bonchev–Trinajstić information content (AvgIpc) is 3.06. The largest absolute Gasteiger partial charge is 0.453 e. The Morgan fingerprint density at radius 3 is 2.45 bits per heavy atom. The number of fused-ring (bicyclic) bond motifs is 1. The van der Waals surface area contributed by atoms with Crippen LogP contribution in [-0.4, -0.2) is 83.0 Å². The predicted molar refractivity (Wildman–Crippen MR) is 166 cm³/mol. The molecule has 1 aromatic carbocycles. The van der Waals surface area contributed by atoms with E-state index in [2.05, 4.69) is 31.8 Å². The minimum absolute atomic E-state index is 0.0125. The molecule has 10 nitrogen and oxygen atoms in total. The van der Waals surface area contributed by atoms with Gasteiger partial charge in [-0.2, -0.15) is 13.2 Å². The van der Waals surface area contributed by atoms with E-state index in [-0.39, 0.29) is 54.2 Å². The molecule has 2 aromatic heterocycles. The van der Waals surface area contributed by atoms with Crippen LogP contribution in [0, 0.1) is 5.82 Å². The monoisotopic (exact) mass is 658 g/mol. The SMILES string of the molecule is CCC1CN(C(=O)Cc2ccc(CN3CCN(CC)CC3)c(C(F)(F)F)c2)Cc2cc(Oc3cc(NC(=O)OC)ncc3F)cnc21. The lowest BCUT2D eigenvalue weighted by Gasteiger charge is -2.34. The Kier molecular flexibility index (Phi) is 10.6. The molecule has 0 aliphatic carbocycles. The molecule has 0 spiro atoms. The van der Waals surface area contributed by atoms with Crippen LogP contribution in [-0.2, 0) is 35.2 Å². The van der Waals surface area contributed by atoms with E-state index < -0.39 is 23.7 Å². The van der Waals surface area contributed by atoms with Crippen molar-refractivity contribution in [2.24, 2.45) is 0 Å². The summed E-state index contributed by atoms with van der Waals surface area (Å²) in [5.41, 5.74) is 1.24. The highest BCUT2D eigenvalue weighted by atomic mass is 19.4. The molecule has 0 bridgehead atoms. The summed E-state index contributed by atoms with van der Waals surface area (Å²) in [7, 11) is 1.18. The topological polar surface area (TPSA) is 100 Å². The molecule has 0 saturated carbocycles. The zero-order valence-corrected chi connectivity index (χ0v) is 26.6. The van der Waals surface area contributed by atoms with Crippen LogP contribution >= 0.6 is 0 Å². The van der Waals surface area contributed by atoms with Crippen molar-refractivity contribution in [3.63, 3.8) is 0 Å².